The van der Waals surface area contributed by atoms with E-state index in [-0.39, 0.29) is 29.8 Å². The monoisotopic (exact) mass is 353 g/mol. The minimum atomic E-state index is -3.04. The molecule has 0 spiro atoms. The van der Waals surface area contributed by atoms with E-state index in [1.165, 1.54) is 6.26 Å². The van der Waals surface area contributed by atoms with E-state index >= 15 is 0 Å². The third-order valence-electron chi connectivity index (χ3n) is 5.01. The molecule has 0 aliphatic carbocycles. The highest BCUT2D eigenvalue weighted by atomic mass is 32.2. The molecule has 0 N–H and O–H groups in total. The van der Waals surface area contributed by atoms with Crippen LogP contribution in [-0.2, 0) is 14.6 Å². The summed E-state index contributed by atoms with van der Waals surface area (Å²) in [4.78, 5) is 14.4. The van der Waals surface area contributed by atoms with E-state index in [1.54, 1.807) is 31.4 Å². The molecule has 2 bridgehead atoms. The normalized spacial score (nSPS) is 26.2. The number of methoxy groups -OCH3 is 1. The summed E-state index contributed by atoms with van der Waals surface area (Å²) in [5.74, 6) is 1.28. The molecule has 0 aromatic heterocycles. The first-order valence-corrected chi connectivity index (χ1v) is 10.1. The van der Waals surface area contributed by atoms with Crippen molar-refractivity contribution in [3.8, 4) is 11.5 Å². The third-order valence-corrected chi connectivity index (χ3v) is 6.60. The van der Waals surface area contributed by atoms with Crippen molar-refractivity contribution < 1.29 is 22.7 Å². The first kappa shape index (κ1) is 17.1. The van der Waals surface area contributed by atoms with Crippen molar-refractivity contribution >= 4 is 15.7 Å². The highest BCUT2D eigenvalue weighted by Crippen LogP contribution is 2.38. The Bertz CT molecular complexity index is 686. The summed E-state index contributed by atoms with van der Waals surface area (Å²) in [6, 6.07) is 7.13. The van der Waals surface area contributed by atoms with Crippen molar-refractivity contribution in [3.63, 3.8) is 0 Å². The van der Waals surface area contributed by atoms with Crippen LogP contribution in [0.1, 0.15) is 25.7 Å². The summed E-state index contributed by atoms with van der Waals surface area (Å²) in [7, 11) is -1.45. The van der Waals surface area contributed by atoms with Gasteiger partial charge >= 0.3 is 0 Å². The van der Waals surface area contributed by atoms with E-state index in [4.69, 9.17) is 9.47 Å². The quantitative estimate of drug-likeness (QED) is 0.805. The molecule has 2 fully saturated rings. The lowest BCUT2D eigenvalue weighted by Gasteiger charge is -2.38. The molecule has 1 aromatic rings. The largest absolute Gasteiger partial charge is 0.497 e. The summed E-state index contributed by atoms with van der Waals surface area (Å²) in [5, 5.41) is -0.318. The van der Waals surface area contributed by atoms with Crippen LogP contribution < -0.4 is 9.47 Å². The molecule has 2 saturated heterocycles. The van der Waals surface area contributed by atoms with Crippen LogP contribution in [0, 0.1) is 0 Å². The highest BCUT2D eigenvalue weighted by Gasteiger charge is 2.45. The average Bonchev–Trinajstić information content (AvgIpc) is 2.81. The maximum absolute atomic E-state index is 12.5. The number of ether oxygens (including phenoxy) is 2. The van der Waals surface area contributed by atoms with Crippen LogP contribution in [0.2, 0.25) is 0 Å². The molecular formula is C17H23NO5S. The SMILES string of the molecule is COc1ccc(OCC(=O)N2C3CCC2CC(S(C)(=O)=O)C3)cc1. The molecule has 2 heterocycles. The second-order valence-electron chi connectivity index (χ2n) is 6.57. The molecule has 1 amide bonds. The standard InChI is InChI=1S/C17H23NO5S/c1-22-14-5-7-15(8-6-14)23-11-17(19)18-12-3-4-13(18)10-16(9-12)24(2,20)21/h5-8,12-13,16H,3-4,9-11H2,1-2H3. The van der Waals surface area contributed by atoms with Crippen molar-refractivity contribution in [2.45, 2.75) is 43.0 Å². The lowest BCUT2D eigenvalue weighted by Crippen LogP contribution is -2.51. The first-order valence-electron chi connectivity index (χ1n) is 8.15. The van der Waals surface area contributed by atoms with Gasteiger partial charge in [-0.05, 0) is 49.9 Å². The minimum Gasteiger partial charge on any atom is -0.497 e. The fourth-order valence-corrected chi connectivity index (χ4v) is 4.92. The zero-order valence-corrected chi connectivity index (χ0v) is 14.8. The number of nitrogens with zero attached hydrogens (tertiary/aromatic N) is 1. The van der Waals surface area contributed by atoms with Gasteiger partial charge in [0.2, 0.25) is 0 Å². The zero-order valence-electron chi connectivity index (χ0n) is 14.0. The molecule has 7 heteroatoms. The predicted octanol–water partition coefficient (Wildman–Crippen LogP) is 1.64. The van der Waals surface area contributed by atoms with Gasteiger partial charge < -0.3 is 14.4 Å². The second-order valence-corrected chi connectivity index (χ2v) is 8.90. The van der Waals surface area contributed by atoms with Gasteiger partial charge in [-0.1, -0.05) is 0 Å². The molecule has 2 aliphatic rings. The molecule has 3 rings (SSSR count). The Morgan fingerprint density at radius 1 is 1.12 bits per heavy atom. The fourth-order valence-electron chi connectivity index (χ4n) is 3.78. The summed E-state index contributed by atoms with van der Waals surface area (Å²) in [6.07, 6.45) is 4.14. The van der Waals surface area contributed by atoms with E-state index < -0.39 is 9.84 Å². The number of carbonyl (C=O) groups is 1. The Morgan fingerprint density at radius 3 is 2.17 bits per heavy atom. The van der Waals surface area contributed by atoms with E-state index in [0.717, 1.165) is 18.6 Å². The third kappa shape index (κ3) is 3.50. The summed E-state index contributed by atoms with van der Waals surface area (Å²) >= 11 is 0. The van der Waals surface area contributed by atoms with Crippen molar-refractivity contribution in [3.05, 3.63) is 24.3 Å². The summed E-state index contributed by atoms with van der Waals surface area (Å²) in [6.45, 7) is -0.0249. The smallest absolute Gasteiger partial charge is 0.261 e. The molecule has 1 aromatic carbocycles. The molecular weight excluding hydrogens is 330 g/mol. The molecule has 6 nitrogen and oxygen atoms in total. The van der Waals surface area contributed by atoms with Crippen molar-refractivity contribution in [1.29, 1.82) is 0 Å². The summed E-state index contributed by atoms with van der Waals surface area (Å²) in [5.41, 5.74) is 0. The molecule has 132 valence electrons. The number of carbonyl (C=O) groups excluding carboxylic acids is 1. The Balaban J connectivity index is 1.60. The lowest BCUT2D eigenvalue weighted by atomic mass is 10.0. The number of amides is 1. The summed E-state index contributed by atoms with van der Waals surface area (Å²) < 4.78 is 34.3. The van der Waals surface area contributed by atoms with Crippen molar-refractivity contribution in [2.75, 3.05) is 20.0 Å². The van der Waals surface area contributed by atoms with Crippen LogP contribution in [0.5, 0.6) is 11.5 Å². The maximum atomic E-state index is 12.5. The van der Waals surface area contributed by atoms with Crippen molar-refractivity contribution in [1.82, 2.24) is 4.90 Å². The van der Waals surface area contributed by atoms with Gasteiger partial charge in [-0.3, -0.25) is 4.79 Å². The Labute approximate surface area is 142 Å². The van der Waals surface area contributed by atoms with Gasteiger partial charge in [0, 0.05) is 18.3 Å². The van der Waals surface area contributed by atoms with Gasteiger partial charge in [-0.2, -0.15) is 0 Å². The van der Waals surface area contributed by atoms with Gasteiger partial charge in [0.25, 0.3) is 5.91 Å². The number of sulfone groups is 1. The fraction of sp³-hybridized carbons (Fsp3) is 0.588. The Kier molecular flexibility index (Phi) is 4.71. The number of piperidine rings is 1. The van der Waals surface area contributed by atoms with Gasteiger partial charge in [0.15, 0.2) is 6.61 Å². The van der Waals surface area contributed by atoms with Crippen LogP contribution in [-0.4, -0.2) is 56.5 Å². The highest BCUT2D eigenvalue weighted by molar-refractivity contribution is 7.91. The number of hydrogen-bond donors (Lipinski definition) is 0. The van der Waals surface area contributed by atoms with E-state index in [0.29, 0.717) is 18.6 Å². The number of hydrogen-bond acceptors (Lipinski definition) is 5. The van der Waals surface area contributed by atoms with Gasteiger partial charge in [-0.25, -0.2) is 8.42 Å². The second kappa shape index (κ2) is 6.63. The minimum absolute atomic E-state index is 0.0236. The number of rotatable bonds is 5. The molecule has 2 aliphatic heterocycles. The van der Waals surface area contributed by atoms with Crippen LogP contribution in [0.25, 0.3) is 0 Å². The average molecular weight is 353 g/mol. The maximum Gasteiger partial charge on any atom is 0.261 e. The Hall–Kier alpha value is -1.76. The van der Waals surface area contributed by atoms with Crippen molar-refractivity contribution in [2.24, 2.45) is 0 Å². The van der Waals surface area contributed by atoms with E-state index in [1.807, 2.05) is 4.90 Å². The predicted molar refractivity (Wildman–Crippen MR) is 90.0 cm³/mol. The van der Waals surface area contributed by atoms with Gasteiger partial charge in [-0.15, -0.1) is 0 Å². The topological polar surface area (TPSA) is 72.9 Å². The molecule has 0 radical (unpaired) electrons. The lowest BCUT2D eigenvalue weighted by molar-refractivity contribution is -0.137. The van der Waals surface area contributed by atoms with Crippen LogP contribution in [0.4, 0.5) is 0 Å². The molecule has 2 unspecified atom stereocenters. The van der Waals surface area contributed by atoms with E-state index in [2.05, 4.69) is 0 Å². The Morgan fingerprint density at radius 2 is 1.67 bits per heavy atom. The molecule has 24 heavy (non-hydrogen) atoms. The first-order chi connectivity index (χ1) is 11.4. The van der Waals surface area contributed by atoms with Crippen LogP contribution >= 0.6 is 0 Å². The molecule has 2 atom stereocenters. The van der Waals surface area contributed by atoms with Crippen LogP contribution in [0.3, 0.4) is 0 Å². The van der Waals surface area contributed by atoms with Gasteiger partial charge in [0.05, 0.1) is 12.4 Å². The number of benzene rings is 1. The number of fused-ring (bicyclic) bond motifs is 2. The molecule has 0 saturated carbocycles. The van der Waals surface area contributed by atoms with E-state index in [9.17, 15) is 13.2 Å². The van der Waals surface area contributed by atoms with Crippen LogP contribution in [0.15, 0.2) is 24.3 Å². The van der Waals surface area contributed by atoms with Gasteiger partial charge in [0.1, 0.15) is 21.3 Å². The zero-order chi connectivity index (χ0) is 17.3.